The van der Waals surface area contributed by atoms with E-state index in [4.69, 9.17) is 4.98 Å². The molecule has 0 N–H and O–H groups in total. The van der Waals surface area contributed by atoms with Crippen LogP contribution in [-0.4, -0.2) is 54.2 Å². The number of rotatable bonds is 6. The van der Waals surface area contributed by atoms with Crippen molar-refractivity contribution in [1.82, 2.24) is 25.0 Å². The normalized spacial score (nSPS) is 21.8. The van der Waals surface area contributed by atoms with Crippen molar-refractivity contribution in [3.63, 3.8) is 0 Å². The minimum absolute atomic E-state index is 0.0121. The Hall–Kier alpha value is -2.80. The van der Waals surface area contributed by atoms with Crippen LogP contribution in [0.25, 0.3) is 22.5 Å². The average Bonchev–Trinajstić information content (AvgIpc) is 3.36. The Bertz CT molecular complexity index is 1690. The van der Waals surface area contributed by atoms with E-state index >= 15 is 0 Å². The molecule has 2 aliphatic rings. The summed E-state index contributed by atoms with van der Waals surface area (Å²) in [6, 6.07) is 11.6. The van der Waals surface area contributed by atoms with E-state index in [1.807, 2.05) is 30.5 Å². The number of aryl methyl sites for hydroxylation is 1. The quantitative estimate of drug-likeness (QED) is 0.228. The molecule has 3 aromatic heterocycles. The van der Waals surface area contributed by atoms with Crippen molar-refractivity contribution in [1.29, 1.82) is 0 Å². The molecule has 0 unspecified atom stereocenters. The number of aromatic nitrogens is 5. The van der Waals surface area contributed by atoms with Crippen molar-refractivity contribution in [3.05, 3.63) is 83.4 Å². The van der Waals surface area contributed by atoms with Gasteiger partial charge in [0.1, 0.15) is 0 Å². The van der Waals surface area contributed by atoms with Gasteiger partial charge >= 0.3 is 237 Å². The van der Waals surface area contributed by atoms with Crippen LogP contribution in [0.3, 0.4) is 0 Å². The van der Waals surface area contributed by atoms with Gasteiger partial charge in [0.15, 0.2) is 0 Å². The predicted octanol–water partition coefficient (Wildman–Crippen LogP) is 1.24. The summed E-state index contributed by atoms with van der Waals surface area (Å²) < 4.78 is 56.0. The van der Waals surface area contributed by atoms with Crippen LogP contribution in [-0.2, 0) is 21.8 Å². The first kappa shape index (κ1) is 26.4. The van der Waals surface area contributed by atoms with Gasteiger partial charge in [-0.25, -0.2) is 0 Å². The molecule has 1 aliphatic heterocycles. The molecule has 39 heavy (non-hydrogen) atoms. The Morgan fingerprint density at radius 1 is 1.08 bits per heavy atom. The van der Waals surface area contributed by atoms with Gasteiger partial charge in [-0.05, 0) is 0 Å². The van der Waals surface area contributed by atoms with Crippen molar-refractivity contribution < 1.29 is 38.4 Å². The second kappa shape index (κ2) is 9.39. The molecule has 0 spiro atoms. The molecule has 7 nitrogen and oxygen atoms in total. The fourth-order valence-corrected chi connectivity index (χ4v) is 11.5. The Balaban J connectivity index is 1.44. The number of hydrogen-bond acceptors (Lipinski definition) is 6. The van der Waals surface area contributed by atoms with Crippen LogP contribution < -0.4 is 21.2 Å². The zero-order valence-electron chi connectivity index (χ0n) is 21.7. The average molecular weight is 663 g/mol. The van der Waals surface area contributed by atoms with Crippen LogP contribution in [0.4, 0.5) is 8.78 Å². The number of alkyl halides is 2. The van der Waals surface area contributed by atoms with E-state index in [9.17, 15) is 17.2 Å². The van der Waals surface area contributed by atoms with Gasteiger partial charge in [0.25, 0.3) is 0 Å². The molecule has 1 aliphatic carbocycles. The first-order valence-corrected chi connectivity index (χ1v) is 17.7. The van der Waals surface area contributed by atoms with Crippen LogP contribution in [0, 0.1) is 17.0 Å². The summed E-state index contributed by atoms with van der Waals surface area (Å²) in [5.74, 6) is -1.11. The molecule has 0 amide bonds. The summed E-state index contributed by atoms with van der Waals surface area (Å²) in [5.41, 5.74) is 3.66. The summed E-state index contributed by atoms with van der Waals surface area (Å²) in [4.78, 5) is 5.12. The molecule has 6 rings (SSSR count). The van der Waals surface area contributed by atoms with Crippen molar-refractivity contribution in [2.45, 2.75) is 31.7 Å². The molecule has 1 fully saturated rings. The van der Waals surface area contributed by atoms with E-state index in [0.717, 1.165) is 37.1 Å². The fraction of sp³-hybridized carbons (Fsp3) is 0.357. The van der Waals surface area contributed by atoms with Gasteiger partial charge in [-0.15, -0.1) is 0 Å². The first-order chi connectivity index (χ1) is 18.5. The number of fused-ring (bicyclic) bond motifs is 5. The van der Waals surface area contributed by atoms with Crippen molar-refractivity contribution in [2.75, 3.05) is 20.9 Å². The van der Waals surface area contributed by atoms with Gasteiger partial charge in [-0.2, -0.15) is 0 Å². The molecule has 2 bridgehead atoms. The Labute approximate surface area is 236 Å². The summed E-state index contributed by atoms with van der Waals surface area (Å²) in [7, 11) is -3.10. The third-order valence-corrected chi connectivity index (χ3v) is 12.3. The van der Waals surface area contributed by atoms with E-state index < -0.39 is 26.9 Å². The SMILES string of the molecule is CC1(C)[C@H]2C[I-]C[C@]1(c1cccc(-c3cnn(CCS(C)(=O)=O)c3)n1)c1nnc(-c3c(F)cccc3F)cc12. The van der Waals surface area contributed by atoms with E-state index in [-0.39, 0.29) is 56.1 Å². The Morgan fingerprint density at radius 3 is 2.56 bits per heavy atom. The maximum atomic E-state index is 14.6. The van der Waals surface area contributed by atoms with Crippen LogP contribution in [0.5, 0.6) is 0 Å². The van der Waals surface area contributed by atoms with Crippen molar-refractivity contribution in [3.8, 4) is 22.5 Å². The van der Waals surface area contributed by atoms with Gasteiger partial charge in [0, 0.05) is 0 Å². The van der Waals surface area contributed by atoms with Gasteiger partial charge in [-0.3, -0.25) is 0 Å². The van der Waals surface area contributed by atoms with Crippen LogP contribution >= 0.6 is 0 Å². The second-order valence-corrected chi connectivity index (χ2v) is 15.8. The maximum absolute atomic E-state index is 14.6. The molecular weight excluding hydrogens is 635 g/mol. The summed E-state index contributed by atoms with van der Waals surface area (Å²) in [6.07, 6.45) is 4.72. The molecule has 1 aromatic carbocycles. The summed E-state index contributed by atoms with van der Waals surface area (Å²) in [5, 5.41) is 13.4. The predicted molar refractivity (Wildman–Crippen MR) is 140 cm³/mol. The molecule has 2 atom stereocenters. The zero-order chi connectivity index (χ0) is 27.6. The third-order valence-electron chi connectivity index (χ3n) is 8.16. The number of hydrogen-bond donors (Lipinski definition) is 0. The molecule has 11 heteroatoms. The van der Waals surface area contributed by atoms with Crippen molar-refractivity contribution >= 4 is 9.84 Å². The number of nitrogens with zero attached hydrogens (tertiary/aromatic N) is 5. The van der Waals surface area contributed by atoms with E-state index in [1.54, 1.807) is 10.9 Å². The number of sulfone groups is 1. The van der Waals surface area contributed by atoms with E-state index in [1.165, 1.54) is 24.5 Å². The topological polar surface area (TPSA) is 90.6 Å². The first-order valence-electron chi connectivity index (χ1n) is 12.6. The zero-order valence-corrected chi connectivity index (χ0v) is 24.7. The van der Waals surface area contributed by atoms with Gasteiger partial charge < -0.3 is 0 Å². The van der Waals surface area contributed by atoms with Crippen LogP contribution in [0.2, 0.25) is 0 Å². The molecule has 4 aromatic rings. The minimum atomic E-state index is -3.10. The van der Waals surface area contributed by atoms with Gasteiger partial charge in [-0.1, -0.05) is 0 Å². The molecule has 0 radical (unpaired) electrons. The van der Waals surface area contributed by atoms with E-state index in [0.29, 0.717) is 0 Å². The van der Waals surface area contributed by atoms with E-state index in [2.05, 4.69) is 29.1 Å². The number of benzene rings is 1. The van der Waals surface area contributed by atoms with Crippen LogP contribution in [0.15, 0.2) is 54.9 Å². The molecule has 204 valence electrons. The standard InChI is InChI=1S/C28H27F2IN5O2S/c1-27(2)19-13-31-16-28(27,26-18(19)12-23(34-35-26)25-20(29)6-4-7-21(25)30)24-9-5-8-22(33-24)17-14-32-36(15-17)10-11-39(3,37)38/h4-9,12,14-15,19H,10-11,13,16H2,1-3H3/q-1/t19-,28-/m0/s1. The molecule has 4 heterocycles. The molecular formula is C28H27F2IN5O2S-. The number of pyridine rings is 1. The fourth-order valence-electron chi connectivity index (χ4n) is 5.91. The van der Waals surface area contributed by atoms with Gasteiger partial charge in [0.2, 0.25) is 0 Å². The number of halogens is 3. The van der Waals surface area contributed by atoms with Crippen LogP contribution in [0.1, 0.15) is 36.7 Å². The molecule has 0 saturated carbocycles. The molecule has 1 saturated heterocycles. The Morgan fingerprint density at radius 2 is 1.82 bits per heavy atom. The summed E-state index contributed by atoms with van der Waals surface area (Å²) >= 11 is -0.171. The Kier molecular flexibility index (Phi) is 6.37. The van der Waals surface area contributed by atoms with Crippen molar-refractivity contribution in [2.24, 2.45) is 5.41 Å². The second-order valence-electron chi connectivity index (χ2n) is 10.8. The monoisotopic (exact) mass is 662 g/mol. The van der Waals surface area contributed by atoms with Gasteiger partial charge in [0.05, 0.1) is 0 Å². The third kappa shape index (κ3) is 4.28. The summed E-state index contributed by atoms with van der Waals surface area (Å²) in [6.45, 7) is 4.75.